The Labute approximate surface area is 165 Å². The lowest BCUT2D eigenvalue weighted by molar-refractivity contribution is -0.120. The molecule has 1 aromatic heterocycles. The van der Waals surface area contributed by atoms with Crippen molar-refractivity contribution in [2.75, 3.05) is 0 Å². The number of carbonyl (C=O) groups is 1. The first-order chi connectivity index (χ1) is 12.4. The van der Waals surface area contributed by atoms with E-state index < -0.39 is 0 Å². The monoisotopic (exact) mass is 437 g/mol. The molecule has 26 heavy (non-hydrogen) atoms. The fourth-order valence-electron chi connectivity index (χ4n) is 3.85. The topological polar surface area (TPSA) is 39.0 Å². The van der Waals surface area contributed by atoms with Gasteiger partial charge in [-0.05, 0) is 61.7 Å². The van der Waals surface area contributed by atoms with Gasteiger partial charge in [0.15, 0.2) is 4.77 Å². The van der Waals surface area contributed by atoms with Crippen LogP contribution >= 0.6 is 28.1 Å². The Morgan fingerprint density at radius 3 is 2.88 bits per heavy atom. The minimum atomic E-state index is -0.186. The molecule has 1 aliphatic carbocycles. The summed E-state index contributed by atoms with van der Waals surface area (Å²) in [7, 11) is 1.92. The molecule has 0 saturated heterocycles. The van der Waals surface area contributed by atoms with Gasteiger partial charge in [-0.15, -0.1) is 0 Å². The van der Waals surface area contributed by atoms with Crippen molar-refractivity contribution in [3.63, 3.8) is 0 Å². The summed E-state index contributed by atoms with van der Waals surface area (Å²) < 4.78 is 19.9. The number of hydrogen-bond donors (Lipinski definition) is 1. The van der Waals surface area contributed by atoms with Gasteiger partial charge in [-0.2, -0.15) is 0 Å². The van der Waals surface area contributed by atoms with Crippen molar-refractivity contribution in [1.29, 1.82) is 0 Å². The van der Waals surface area contributed by atoms with Crippen molar-refractivity contribution in [3.05, 3.63) is 50.2 Å². The van der Waals surface area contributed by atoms with Gasteiger partial charge in [0.1, 0.15) is 5.82 Å². The Kier molecular flexibility index (Phi) is 4.77. The molecule has 4 rings (SSSR count). The van der Waals surface area contributed by atoms with Gasteiger partial charge in [0, 0.05) is 41.4 Å². The van der Waals surface area contributed by atoms with Gasteiger partial charge in [0.05, 0.1) is 6.42 Å². The largest absolute Gasteiger partial charge is 0.353 e. The summed E-state index contributed by atoms with van der Waals surface area (Å²) in [6.45, 7) is 0.826. The van der Waals surface area contributed by atoms with Gasteiger partial charge >= 0.3 is 0 Å². The maximum atomic E-state index is 14.2. The van der Waals surface area contributed by atoms with Crippen molar-refractivity contribution in [3.8, 4) is 0 Å². The number of halogens is 2. The number of nitrogens with one attached hydrogen (secondary N) is 1. The molecule has 1 aromatic carbocycles. The molecule has 7 heteroatoms. The number of hydrogen-bond acceptors (Lipinski definition) is 2. The maximum Gasteiger partial charge on any atom is 0.226 e. The Bertz CT molecular complexity index is 932. The smallest absolute Gasteiger partial charge is 0.226 e. The van der Waals surface area contributed by atoms with Gasteiger partial charge in [-0.1, -0.05) is 15.9 Å². The van der Waals surface area contributed by atoms with Gasteiger partial charge in [-0.3, -0.25) is 4.79 Å². The van der Waals surface area contributed by atoms with E-state index in [0.29, 0.717) is 24.4 Å². The third kappa shape index (κ3) is 3.39. The molecule has 0 spiro atoms. The van der Waals surface area contributed by atoms with Gasteiger partial charge < -0.3 is 14.5 Å². The fraction of sp³-hybridized carbons (Fsp3) is 0.474. The van der Waals surface area contributed by atoms with E-state index in [4.69, 9.17) is 12.2 Å². The third-order valence-corrected chi connectivity index (χ3v) is 6.33. The zero-order chi connectivity index (χ0) is 18.4. The highest BCUT2D eigenvalue weighted by atomic mass is 79.9. The molecule has 1 fully saturated rings. The zero-order valence-electron chi connectivity index (χ0n) is 14.6. The third-order valence-electron chi connectivity index (χ3n) is 5.34. The van der Waals surface area contributed by atoms with E-state index in [1.807, 2.05) is 17.7 Å². The highest BCUT2D eigenvalue weighted by Crippen LogP contribution is 2.36. The van der Waals surface area contributed by atoms with Crippen LogP contribution in [0.2, 0.25) is 0 Å². The molecule has 0 unspecified atom stereocenters. The van der Waals surface area contributed by atoms with E-state index in [2.05, 4.69) is 25.8 Å². The predicted molar refractivity (Wildman–Crippen MR) is 104 cm³/mol. The molecular weight excluding hydrogens is 417 g/mol. The lowest BCUT2D eigenvalue weighted by Gasteiger charge is -2.14. The number of nitrogens with zero attached hydrogens (tertiary/aromatic N) is 2. The molecular formula is C19H21BrFN3OS. The standard InChI is InChI=1S/C19H21BrFN3OS/c1-23-16(10-17(25)22-14-3-4-14)18-11(6-7-24(18)19(23)26)8-12-9-13(20)2-5-15(12)21/h2,5,9,11,14H,3-4,6-8,10H2,1H3,(H,22,25)/t11-/m1/s1. The average molecular weight is 438 g/mol. The second-order valence-corrected chi connectivity index (χ2v) is 8.55. The Hall–Kier alpha value is -1.47. The minimum Gasteiger partial charge on any atom is -0.353 e. The number of benzene rings is 1. The highest BCUT2D eigenvalue weighted by molar-refractivity contribution is 9.10. The van der Waals surface area contributed by atoms with Crippen LogP contribution in [0.15, 0.2) is 22.7 Å². The molecule has 1 saturated carbocycles. The lowest BCUT2D eigenvalue weighted by Crippen LogP contribution is -2.28. The van der Waals surface area contributed by atoms with E-state index in [9.17, 15) is 9.18 Å². The summed E-state index contributed by atoms with van der Waals surface area (Å²) >= 11 is 8.99. The molecule has 4 nitrogen and oxygen atoms in total. The molecule has 2 aliphatic rings. The first kappa shape index (κ1) is 17.9. The van der Waals surface area contributed by atoms with Crippen LogP contribution in [0.4, 0.5) is 4.39 Å². The van der Waals surface area contributed by atoms with Crippen molar-refractivity contribution in [2.24, 2.45) is 7.05 Å². The van der Waals surface area contributed by atoms with Crippen LogP contribution in [0.1, 0.15) is 42.1 Å². The van der Waals surface area contributed by atoms with Crippen molar-refractivity contribution >= 4 is 34.1 Å². The van der Waals surface area contributed by atoms with Gasteiger partial charge in [0.2, 0.25) is 5.91 Å². The van der Waals surface area contributed by atoms with Crippen molar-refractivity contribution < 1.29 is 9.18 Å². The molecule has 1 N–H and O–H groups in total. The zero-order valence-corrected chi connectivity index (χ0v) is 17.0. The molecule has 1 atom stereocenters. The second-order valence-electron chi connectivity index (χ2n) is 7.27. The van der Waals surface area contributed by atoms with Crippen LogP contribution in [0.3, 0.4) is 0 Å². The number of rotatable bonds is 5. The molecule has 2 heterocycles. The molecule has 0 radical (unpaired) electrons. The van der Waals surface area contributed by atoms with Crippen LogP contribution in [0, 0.1) is 10.6 Å². The lowest BCUT2D eigenvalue weighted by atomic mass is 9.93. The van der Waals surface area contributed by atoms with E-state index in [0.717, 1.165) is 46.4 Å². The second kappa shape index (κ2) is 6.93. The summed E-state index contributed by atoms with van der Waals surface area (Å²) in [6.07, 6.45) is 4.01. The van der Waals surface area contributed by atoms with Gasteiger partial charge in [0.25, 0.3) is 0 Å². The molecule has 138 valence electrons. The first-order valence-corrected chi connectivity index (χ1v) is 10.2. The van der Waals surface area contributed by atoms with Crippen molar-refractivity contribution in [2.45, 2.75) is 50.6 Å². The van der Waals surface area contributed by atoms with Crippen LogP contribution in [0.25, 0.3) is 0 Å². The Balaban J connectivity index is 1.64. The Morgan fingerprint density at radius 2 is 2.15 bits per heavy atom. The molecule has 1 amide bonds. The SMILES string of the molecule is Cn1c(CC(=O)NC2CC2)c2n(c1=S)CC[C@@H]2Cc1cc(Br)ccc1F. The maximum absolute atomic E-state index is 14.2. The number of aromatic nitrogens is 2. The average Bonchev–Trinajstić information content (AvgIpc) is 3.27. The normalized spacial score (nSPS) is 18.8. The number of imidazole rings is 1. The molecule has 0 bridgehead atoms. The molecule has 1 aliphatic heterocycles. The van der Waals surface area contributed by atoms with Crippen LogP contribution in [-0.2, 0) is 31.2 Å². The van der Waals surface area contributed by atoms with E-state index in [1.165, 1.54) is 6.07 Å². The predicted octanol–water partition coefficient (Wildman–Crippen LogP) is 4.01. The fourth-order valence-corrected chi connectivity index (χ4v) is 4.56. The number of amides is 1. The van der Waals surface area contributed by atoms with Crippen LogP contribution in [0.5, 0.6) is 0 Å². The van der Waals surface area contributed by atoms with Gasteiger partial charge in [-0.25, -0.2) is 4.39 Å². The van der Waals surface area contributed by atoms with E-state index >= 15 is 0 Å². The quantitative estimate of drug-likeness (QED) is 0.717. The summed E-state index contributed by atoms with van der Waals surface area (Å²) in [5.74, 6) is 0.0328. The summed E-state index contributed by atoms with van der Waals surface area (Å²) in [5.41, 5.74) is 2.76. The number of carbonyl (C=O) groups excluding carboxylic acids is 1. The van der Waals surface area contributed by atoms with Crippen LogP contribution < -0.4 is 5.32 Å². The minimum absolute atomic E-state index is 0.0470. The summed E-state index contributed by atoms with van der Waals surface area (Å²) in [5, 5.41) is 3.05. The summed E-state index contributed by atoms with van der Waals surface area (Å²) in [6, 6.07) is 5.40. The van der Waals surface area contributed by atoms with E-state index in [1.54, 1.807) is 6.07 Å². The van der Waals surface area contributed by atoms with Crippen molar-refractivity contribution in [1.82, 2.24) is 14.5 Å². The number of fused-ring (bicyclic) bond motifs is 1. The first-order valence-electron chi connectivity index (χ1n) is 8.95. The van der Waals surface area contributed by atoms with Crippen LogP contribution in [-0.4, -0.2) is 21.1 Å². The Morgan fingerprint density at radius 1 is 1.38 bits per heavy atom. The summed E-state index contributed by atoms with van der Waals surface area (Å²) in [4.78, 5) is 12.4. The van der Waals surface area contributed by atoms with E-state index in [-0.39, 0.29) is 17.6 Å². The molecule has 2 aromatic rings. The highest BCUT2D eigenvalue weighted by Gasteiger charge is 2.31.